The maximum Gasteiger partial charge on any atom is 0.328 e. The number of nitrogens with one attached hydrogen (secondary N) is 2. The number of aliphatic carboxylic acids is 1. The van der Waals surface area contributed by atoms with Gasteiger partial charge < -0.3 is 25.6 Å². The first-order valence-corrected chi connectivity index (χ1v) is 23.7. The third-order valence-electron chi connectivity index (χ3n) is 10.2. The summed E-state index contributed by atoms with van der Waals surface area (Å²) in [7, 11) is 0. The smallest absolute Gasteiger partial charge is 0.328 e. The molecule has 0 saturated carbocycles. The molecule has 0 heterocycles. The predicted octanol–water partition coefficient (Wildman–Crippen LogP) is 12.1. The molecule has 0 saturated heterocycles. The molecule has 9 heteroatoms. The number of carbonyl (C=O) groups excluding carboxylic acids is 3. The van der Waals surface area contributed by atoms with Crippen LogP contribution < -0.4 is 10.6 Å². The zero-order chi connectivity index (χ0) is 43.3. The summed E-state index contributed by atoms with van der Waals surface area (Å²) in [6, 6.07) is -1.38. The van der Waals surface area contributed by atoms with E-state index in [9.17, 15) is 19.2 Å². The van der Waals surface area contributed by atoms with Crippen LogP contribution in [-0.4, -0.2) is 59.3 Å². The Kier molecular flexibility index (Phi) is 41.5. The van der Waals surface area contributed by atoms with Crippen LogP contribution in [0.2, 0.25) is 0 Å². The lowest BCUT2D eigenvalue weighted by Crippen LogP contribution is -2.47. The number of allylic oxidation sites excluding steroid dienone is 9. The van der Waals surface area contributed by atoms with E-state index in [4.69, 9.17) is 14.9 Å². The van der Waals surface area contributed by atoms with Crippen molar-refractivity contribution in [2.24, 2.45) is 0 Å². The zero-order valence-corrected chi connectivity index (χ0v) is 37.5. The van der Waals surface area contributed by atoms with Crippen molar-refractivity contribution in [3.8, 4) is 0 Å². The first-order chi connectivity index (χ1) is 28.8. The van der Waals surface area contributed by atoms with Gasteiger partial charge in [-0.2, -0.15) is 0 Å². The van der Waals surface area contributed by atoms with E-state index in [1.165, 1.54) is 83.5 Å². The summed E-state index contributed by atoms with van der Waals surface area (Å²) < 4.78 is 5.96. The van der Waals surface area contributed by atoms with Gasteiger partial charge in [0.05, 0.1) is 13.2 Å². The fraction of sp³-hybridized carbons (Fsp3) is 0.720. The van der Waals surface area contributed by atoms with Crippen molar-refractivity contribution >= 4 is 23.8 Å². The molecule has 0 aliphatic rings. The van der Waals surface area contributed by atoms with E-state index >= 15 is 0 Å². The molecule has 0 aliphatic heterocycles. The summed E-state index contributed by atoms with van der Waals surface area (Å²) in [5.41, 5.74) is 0. The Morgan fingerprint density at radius 2 is 1.02 bits per heavy atom. The number of esters is 1. The largest absolute Gasteiger partial charge is 0.480 e. The van der Waals surface area contributed by atoms with Crippen LogP contribution in [0.1, 0.15) is 206 Å². The number of amides is 2. The summed E-state index contributed by atoms with van der Waals surface area (Å²) in [4.78, 5) is 47.5. The van der Waals surface area contributed by atoms with Crippen molar-refractivity contribution in [2.75, 3.05) is 13.2 Å². The Morgan fingerprint density at radius 1 is 0.542 bits per heavy atom. The van der Waals surface area contributed by atoms with Gasteiger partial charge in [-0.15, -0.1) is 0 Å². The zero-order valence-electron chi connectivity index (χ0n) is 37.5. The Balaban J connectivity index is 4.22. The van der Waals surface area contributed by atoms with Crippen molar-refractivity contribution in [1.82, 2.24) is 10.6 Å². The molecule has 338 valence electrons. The number of carboxylic acids is 1. The number of hydrogen-bond acceptors (Lipinski definition) is 6. The number of ether oxygens (including phenoxy) is 1. The standard InChI is InChI=1S/C50H86N2O7/c1-3-5-7-9-11-13-14-15-16-17-18-19-20-21-22-23-24-26-28-34-38-42-49(56)59-45(39-35-31-27-25-12-10-8-6-4-2)40-36-32-29-30-33-37-41-47(54)51-43-48(55)52-46(44-53)50(57)58/h5,7,11,13,15-16,18-19,35,39,45-46,53H,3-4,6,8-10,12,14,17,20-34,36-38,40-44H2,1-2H3,(H,51,54)(H,52,55)(H,57,58)/b7-5-,13-11-,16-15-,19-18-,39-35-. The highest BCUT2D eigenvalue weighted by molar-refractivity contribution is 5.87. The van der Waals surface area contributed by atoms with Gasteiger partial charge in [0.15, 0.2) is 0 Å². The Morgan fingerprint density at radius 3 is 1.56 bits per heavy atom. The molecule has 0 bridgehead atoms. The molecule has 4 N–H and O–H groups in total. The average molecular weight is 827 g/mol. The number of unbranched alkanes of at least 4 members (excludes halogenated alkanes) is 20. The van der Waals surface area contributed by atoms with Gasteiger partial charge in [-0.25, -0.2) is 4.79 Å². The van der Waals surface area contributed by atoms with Crippen LogP contribution in [0.15, 0.2) is 60.8 Å². The predicted molar refractivity (Wildman–Crippen MR) is 245 cm³/mol. The van der Waals surface area contributed by atoms with E-state index in [2.05, 4.69) is 85.2 Å². The summed E-state index contributed by atoms with van der Waals surface area (Å²) >= 11 is 0. The number of hydrogen-bond donors (Lipinski definition) is 4. The highest BCUT2D eigenvalue weighted by Crippen LogP contribution is 2.16. The molecule has 0 aromatic carbocycles. The van der Waals surface area contributed by atoms with Gasteiger partial charge >= 0.3 is 11.9 Å². The average Bonchev–Trinajstić information content (AvgIpc) is 3.22. The van der Waals surface area contributed by atoms with E-state index in [0.717, 1.165) is 89.9 Å². The fourth-order valence-corrected chi connectivity index (χ4v) is 6.62. The molecule has 0 aliphatic carbocycles. The van der Waals surface area contributed by atoms with Gasteiger partial charge in [-0.05, 0) is 83.1 Å². The molecule has 2 amide bonds. The van der Waals surface area contributed by atoms with Gasteiger partial charge in [-0.3, -0.25) is 14.4 Å². The fourth-order valence-electron chi connectivity index (χ4n) is 6.62. The maximum absolute atomic E-state index is 12.8. The SMILES string of the molecule is CC/C=C\C/C=C\C/C=C\C/C=C\CCCCCCCCCCC(=O)OC(/C=C\CCCCCCCCC)CCCCCCCCC(=O)NCC(=O)NC(CO)C(=O)O. The Hall–Kier alpha value is -3.46. The van der Waals surface area contributed by atoms with Gasteiger partial charge in [0.1, 0.15) is 12.1 Å². The van der Waals surface area contributed by atoms with Crippen molar-refractivity contribution in [2.45, 2.75) is 219 Å². The molecule has 59 heavy (non-hydrogen) atoms. The molecule has 0 fully saturated rings. The van der Waals surface area contributed by atoms with Gasteiger partial charge in [0.25, 0.3) is 0 Å². The van der Waals surface area contributed by atoms with Crippen molar-refractivity contribution < 1.29 is 34.1 Å². The monoisotopic (exact) mass is 827 g/mol. The minimum absolute atomic E-state index is 0.0859. The van der Waals surface area contributed by atoms with Crippen molar-refractivity contribution in [3.63, 3.8) is 0 Å². The van der Waals surface area contributed by atoms with Gasteiger partial charge in [0, 0.05) is 12.8 Å². The minimum Gasteiger partial charge on any atom is -0.480 e. The second kappa shape index (κ2) is 44.1. The Bertz CT molecular complexity index is 1180. The van der Waals surface area contributed by atoms with Gasteiger partial charge in [-0.1, -0.05) is 171 Å². The maximum atomic E-state index is 12.8. The second-order valence-corrected chi connectivity index (χ2v) is 15.8. The summed E-state index contributed by atoms with van der Waals surface area (Å²) in [6.07, 6.45) is 54.1. The molecule has 0 aromatic heterocycles. The van der Waals surface area contributed by atoms with E-state index in [-0.39, 0.29) is 24.5 Å². The molecule has 2 unspecified atom stereocenters. The number of carbonyl (C=O) groups is 4. The summed E-state index contributed by atoms with van der Waals surface area (Å²) in [5.74, 6) is -2.33. The third-order valence-corrected chi connectivity index (χ3v) is 10.2. The molecule has 9 nitrogen and oxygen atoms in total. The van der Waals surface area contributed by atoms with Crippen LogP contribution in [0.4, 0.5) is 0 Å². The number of carboxylic acid groups (broad SMARTS) is 1. The molecular weight excluding hydrogens is 741 g/mol. The molecule has 0 spiro atoms. The molecule has 0 radical (unpaired) electrons. The summed E-state index contributed by atoms with van der Waals surface area (Å²) in [5, 5.41) is 22.5. The van der Waals surface area contributed by atoms with Crippen LogP contribution in [0.3, 0.4) is 0 Å². The third kappa shape index (κ3) is 41.1. The molecule has 2 atom stereocenters. The lowest BCUT2D eigenvalue weighted by atomic mass is 10.0. The normalized spacial score (nSPS) is 13.0. The quantitative estimate of drug-likeness (QED) is 0.0273. The van der Waals surface area contributed by atoms with Crippen LogP contribution in [0.25, 0.3) is 0 Å². The molecule has 0 aromatic rings. The minimum atomic E-state index is -1.38. The van der Waals surface area contributed by atoms with Gasteiger partial charge in [0.2, 0.25) is 11.8 Å². The number of aliphatic hydroxyl groups is 1. The van der Waals surface area contributed by atoms with E-state index < -0.39 is 24.5 Å². The first-order valence-electron chi connectivity index (χ1n) is 23.7. The summed E-state index contributed by atoms with van der Waals surface area (Å²) in [6.45, 7) is 3.37. The van der Waals surface area contributed by atoms with E-state index in [0.29, 0.717) is 19.3 Å². The molecular formula is C50H86N2O7. The van der Waals surface area contributed by atoms with Crippen LogP contribution >= 0.6 is 0 Å². The van der Waals surface area contributed by atoms with Crippen molar-refractivity contribution in [3.05, 3.63) is 60.8 Å². The topological polar surface area (TPSA) is 142 Å². The van der Waals surface area contributed by atoms with Crippen LogP contribution in [0, 0.1) is 0 Å². The second-order valence-electron chi connectivity index (χ2n) is 15.8. The van der Waals surface area contributed by atoms with E-state index in [1.54, 1.807) is 0 Å². The van der Waals surface area contributed by atoms with Crippen LogP contribution in [0.5, 0.6) is 0 Å². The molecule has 0 rings (SSSR count). The van der Waals surface area contributed by atoms with E-state index in [1.807, 2.05) is 0 Å². The highest BCUT2D eigenvalue weighted by Gasteiger charge is 2.18. The van der Waals surface area contributed by atoms with Crippen LogP contribution in [-0.2, 0) is 23.9 Å². The lowest BCUT2D eigenvalue weighted by Gasteiger charge is -2.15. The van der Waals surface area contributed by atoms with Crippen molar-refractivity contribution in [1.29, 1.82) is 0 Å². The first kappa shape index (κ1) is 55.5. The number of aliphatic hydroxyl groups excluding tert-OH is 1. The number of rotatable bonds is 42. The Labute approximate surface area is 360 Å². The highest BCUT2D eigenvalue weighted by atomic mass is 16.5. The lowest BCUT2D eigenvalue weighted by molar-refractivity contribution is -0.147.